The molecule has 2 rings (SSSR count). The number of likely N-dealkylation sites (N-methyl/N-ethyl adjacent to an activating group) is 1. The van der Waals surface area contributed by atoms with Crippen LogP contribution in [0.1, 0.15) is 15.9 Å². The molecule has 0 aliphatic heterocycles. The zero-order chi connectivity index (χ0) is 15.9. The molecule has 0 saturated carbocycles. The van der Waals surface area contributed by atoms with Crippen LogP contribution in [0.15, 0.2) is 48.5 Å². The molecule has 0 saturated heterocycles. The van der Waals surface area contributed by atoms with Gasteiger partial charge < -0.3 is 9.64 Å². The number of hydrogen-bond donors (Lipinski definition) is 0. The third-order valence-electron chi connectivity index (χ3n) is 3.12. The van der Waals surface area contributed by atoms with E-state index in [1.54, 1.807) is 60.5 Å². The molecule has 1 amide bonds. The molecule has 5 heteroatoms. The average molecular weight is 315 g/mol. The number of halogens is 1. The van der Waals surface area contributed by atoms with Crippen LogP contribution in [0.4, 0.5) is 0 Å². The molecule has 0 N–H and O–H groups in total. The van der Waals surface area contributed by atoms with Crippen molar-refractivity contribution < 1.29 is 9.53 Å². The van der Waals surface area contributed by atoms with E-state index < -0.39 is 0 Å². The Balaban J connectivity index is 1.85. The molecule has 2 aromatic rings. The van der Waals surface area contributed by atoms with E-state index in [0.29, 0.717) is 35.1 Å². The van der Waals surface area contributed by atoms with Gasteiger partial charge in [0.25, 0.3) is 5.91 Å². The van der Waals surface area contributed by atoms with Gasteiger partial charge in [0.2, 0.25) is 0 Å². The van der Waals surface area contributed by atoms with E-state index in [4.69, 9.17) is 21.6 Å². The maximum atomic E-state index is 12.2. The van der Waals surface area contributed by atoms with Crippen molar-refractivity contribution in [3.05, 3.63) is 64.7 Å². The lowest BCUT2D eigenvalue weighted by Gasteiger charge is -2.17. The molecule has 0 bridgehead atoms. The Kier molecular flexibility index (Phi) is 5.40. The molecule has 0 fully saturated rings. The van der Waals surface area contributed by atoms with Crippen molar-refractivity contribution in [1.82, 2.24) is 4.90 Å². The van der Waals surface area contributed by atoms with Crippen LogP contribution in [0.3, 0.4) is 0 Å². The summed E-state index contributed by atoms with van der Waals surface area (Å²) in [6.07, 6.45) is 0. The first-order valence-electron chi connectivity index (χ1n) is 6.74. The number of ether oxygens (including phenoxy) is 1. The van der Waals surface area contributed by atoms with Crippen LogP contribution in [-0.2, 0) is 0 Å². The molecule has 0 spiro atoms. The van der Waals surface area contributed by atoms with Crippen molar-refractivity contribution in [1.29, 1.82) is 5.26 Å². The van der Waals surface area contributed by atoms with E-state index in [1.807, 2.05) is 6.07 Å². The van der Waals surface area contributed by atoms with Gasteiger partial charge in [0.1, 0.15) is 12.4 Å². The lowest BCUT2D eigenvalue weighted by atomic mass is 10.1. The Morgan fingerprint density at radius 2 is 1.82 bits per heavy atom. The number of carbonyl (C=O) groups is 1. The Morgan fingerprint density at radius 3 is 2.41 bits per heavy atom. The summed E-state index contributed by atoms with van der Waals surface area (Å²) in [6.45, 7) is 0.849. The largest absolute Gasteiger partial charge is 0.492 e. The second kappa shape index (κ2) is 7.48. The summed E-state index contributed by atoms with van der Waals surface area (Å²) in [5, 5.41) is 9.40. The monoisotopic (exact) mass is 314 g/mol. The number of amides is 1. The summed E-state index contributed by atoms with van der Waals surface area (Å²) in [6, 6.07) is 15.7. The zero-order valence-electron chi connectivity index (χ0n) is 12.1. The van der Waals surface area contributed by atoms with Gasteiger partial charge in [0.05, 0.1) is 18.2 Å². The fourth-order valence-electron chi connectivity index (χ4n) is 1.84. The summed E-state index contributed by atoms with van der Waals surface area (Å²) in [7, 11) is 1.71. The molecular weight excluding hydrogens is 300 g/mol. The molecule has 0 radical (unpaired) electrons. The third kappa shape index (κ3) is 4.24. The highest BCUT2D eigenvalue weighted by atomic mass is 35.5. The van der Waals surface area contributed by atoms with Crippen LogP contribution < -0.4 is 4.74 Å². The van der Waals surface area contributed by atoms with E-state index in [9.17, 15) is 4.79 Å². The molecule has 112 valence electrons. The zero-order valence-corrected chi connectivity index (χ0v) is 12.9. The number of carbonyl (C=O) groups excluding carboxylic acids is 1. The molecule has 0 atom stereocenters. The summed E-state index contributed by atoms with van der Waals surface area (Å²) < 4.78 is 5.56. The van der Waals surface area contributed by atoms with Crippen molar-refractivity contribution in [2.24, 2.45) is 0 Å². The number of hydrogen-bond acceptors (Lipinski definition) is 3. The van der Waals surface area contributed by atoms with Gasteiger partial charge in [-0.1, -0.05) is 11.6 Å². The molecule has 22 heavy (non-hydrogen) atoms. The highest BCUT2D eigenvalue weighted by Gasteiger charge is 2.11. The minimum atomic E-state index is -0.107. The maximum Gasteiger partial charge on any atom is 0.253 e. The molecular formula is C17H15ClN2O2. The predicted octanol–water partition coefficient (Wildman–Crippen LogP) is 3.36. The van der Waals surface area contributed by atoms with Gasteiger partial charge in [-0.25, -0.2) is 0 Å². The number of rotatable bonds is 5. The van der Waals surface area contributed by atoms with E-state index >= 15 is 0 Å². The van der Waals surface area contributed by atoms with E-state index in [2.05, 4.69) is 0 Å². The average Bonchev–Trinajstić information content (AvgIpc) is 2.56. The molecule has 2 aromatic carbocycles. The van der Waals surface area contributed by atoms with Crippen LogP contribution in [0, 0.1) is 11.3 Å². The van der Waals surface area contributed by atoms with E-state index in [-0.39, 0.29) is 5.91 Å². The first-order valence-corrected chi connectivity index (χ1v) is 7.12. The fourth-order valence-corrected chi connectivity index (χ4v) is 1.97. The molecule has 0 aliphatic rings. The van der Waals surface area contributed by atoms with Crippen LogP contribution in [0.2, 0.25) is 5.02 Å². The second-order valence-electron chi connectivity index (χ2n) is 4.72. The summed E-state index contributed by atoms with van der Waals surface area (Å²) >= 11 is 5.80. The Labute approximate surface area is 134 Å². The fraction of sp³-hybridized carbons (Fsp3) is 0.176. The number of benzene rings is 2. The van der Waals surface area contributed by atoms with Crippen LogP contribution in [0.5, 0.6) is 5.75 Å². The quantitative estimate of drug-likeness (QED) is 0.850. The van der Waals surface area contributed by atoms with E-state index in [1.165, 1.54) is 0 Å². The minimum absolute atomic E-state index is 0.107. The highest BCUT2D eigenvalue weighted by Crippen LogP contribution is 2.15. The SMILES string of the molecule is CN(CCOc1ccc(Cl)cc1)C(=O)c1ccc(C#N)cc1. The smallest absolute Gasteiger partial charge is 0.253 e. The van der Waals surface area contributed by atoms with Crippen LogP contribution in [-0.4, -0.2) is 31.0 Å². The predicted molar refractivity (Wildman–Crippen MR) is 85.1 cm³/mol. The van der Waals surface area contributed by atoms with Crippen molar-refractivity contribution in [2.75, 3.05) is 20.2 Å². The van der Waals surface area contributed by atoms with Crippen molar-refractivity contribution in [3.8, 4) is 11.8 Å². The molecule has 0 heterocycles. The van der Waals surface area contributed by atoms with Gasteiger partial charge in [0.15, 0.2) is 0 Å². The summed E-state index contributed by atoms with van der Waals surface area (Å²) in [5.41, 5.74) is 1.08. The minimum Gasteiger partial charge on any atom is -0.492 e. The van der Waals surface area contributed by atoms with Gasteiger partial charge in [0, 0.05) is 17.6 Å². The standard InChI is InChI=1S/C17H15ClN2O2/c1-20(10-11-22-16-8-6-15(18)7-9-16)17(21)14-4-2-13(12-19)3-5-14/h2-9H,10-11H2,1H3. The van der Waals surface area contributed by atoms with Crippen LogP contribution in [0.25, 0.3) is 0 Å². The second-order valence-corrected chi connectivity index (χ2v) is 5.15. The lowest BCUT2D eigenvalue weighted by molar-refractivity contribution is 0.0774. The van der Waals surface area contributed by atoms with E-state index in [0.717, 1.165) is 0 Å². The number of nitriles is 1. The Hall–Kier alpha value is -2.51. The number of nitrogens with zero attached hydrogens (tertiary/aromatic N) is 2. The Bertz CT molecular complexity index is 675. The van der Waals surface area contributed by atoms with Crippen molar-refractivity contribution >= 4 is 17.5 Å². The lowest BCUT2D eigenvalue weighted by Crippen LogP contribution is -2.30. The molecule has 0 unspecified atom stereocenters. The van der Waals surface area contributed by atoms with Gasteiger partial charge in [-0.2, -0.15) is 5.26 Å². The first kappa shape index (κ1) is 15.9. The maximum absolute atomic E-state index is 12.2. The van der Waals surface area contributed by atoms with Crippen molar-refractivity contribution in [2.45, 2.75) is 0 Å². The topological polar surface area (TPSA) is 53.3 Å². The van der Waals surface area contributed by atoms with Gasteiger partial charge in [-0.3, -0.25) is 4.79 Å². The highest BCUT2D eigenvalue weighted by molar-refractivity contribution is 6.30. The normalized spacial score (nSPS) is 9.86. The van der Waals surface area contributed by atoms with Gasteiger partial charge >= 0.3 is 0 Å². The summed E-state index contributed by atoms with van der Waals surface area (Å²) in [4.78, 5) is 13.8. The first-order chi connectivity index (χ1) is 10.6. The van der Waals surface area contributed by atoms with Gasteiger partial charge in [-0.05, 0) is 48.5 Å². The third-order valence-corrected chi connectivity index (χ3v) is 3.37. The molecule has 0 aliphatic carbocycles. The van der Waals surface area contributed by atoms with Crippen molar-refractivity contribution in [3.63, 3.8) is 0 Å². The summed E-state index contributed by atoms with van der Waals surface area (Å²) in [5.74, 6) is 0.604. The van der Waals surface area contributed by atoms with Crippen LogP contribution >= 0.6 is 11.6 Å². The molecule has 0 aromatic heterocycles. The molecule has 4 nitrogen and oxygen atoms in total. The Morgan fingerprint density at radius 1 is 1.18 bits per heavy atom. The van der Waals surface area contributed by atoms with Gasteiger partial charge in [-0.15, -0.1) is 0 Å².